The lowest BCUT2D eigenvalue weighted by molar-refractivity contribution is -0.143. The van der Waals surface area contributed by atoms with Crippen LogP contribution >= 0.6 is 0 Å². The topological polar surface area (TPSA) is 85.3 Å². The normalized spacial score (nSPS) is 22.4. The molecule has 2 N–H and O–H groups in total. The number of carbonyl (C=O) groups is 1. The molecule has 1 aromatic rings. The van der Waals surface area contributed by atoms with Crippen molar-refractivity contribution in [2.45, 2.75) is 64.2 Å². The van der Waals surface area contributed by atoms with Crippen LogP contribution in [0.15, 0.2) is 4.52 Å². The van der Waals surface area contributed by atoms with E-state index in [1.807, 2.05) is 4.90 Å². The lowest BCUT2D eigenvalue weighted by Gasteiger charge is -2.39. The molecule has 0 bridgehead atoms. The molecule has 1 aliphatic heterocycles. The first-order valence-electron chi connectivity index (χ1n) is 8.96. The summed E-state index contributed by atoms with van der Waals surface area (Å²) in [5.41, 5.74) is 5.52. The van der Waals surface area contributed by atoms with Crippen molar-refractivity contribution in [2.24, 2.45) is 11.1 Å². The predicted molar refractivity (Wildman–Crippen MR) is 86.9 cm³/mol. The van der Waals surface area contributed by atoms with Gasteiger partial charge in [-0.3, -0.25) is 4.79 Å². The van der Waals surface area contributed by atoms with Crippen LogP contribution in [0.5, 0.6) is 0 Å². The number of hydrogen-bond donors (Lipinski definition) is 1. The van der Waals surface area contributed by atoms with Gasteiger partial charge in [-0.2, -0.15) is 4.98 Å². The molecule has 1 saturated heterocycles. The van der Waals surface area contributed by atoms with Crippen molar-refractivity contribution >= 4 is 5.91 Å². The van der Waals surface area contributed by atoms with Crippen molar-refractivity contribution in [3.63, 3.8) is 0 Å². The summed E-state index contributed by atoms with van der Waals surface area (Å²) in [5.74, 6) is 2.41. The summed E-state index contributed by atoms with van der Waals surface area (Å²) in [4.78, 5) is 19.5. The van der Waals surface area contributed by atoms with E-state index in [4.69, 9.17) is 10.3 Å². The second kappa shape index (κ2) is 6.59. The number of rotatable bonds is 6. The molecule has 23 heavy (non-hydrogen) atoms. The van der Waals surface area contributed by atoms with E-state index < -0.39 is 5.41 Å². The zero-order valence-corrected chi connectivity index (χ0v) is 14.3. The molecule has 1 aromatic heterocycles. The van der Waals surface area contributed by atoms with Crippen LogP contribution in [0.25, 0.3) is 0 Å². The number of piperidine rings is 1. The Balaban J connectivity index is 1.70. The maximum absolute atomic E-state index is 13.0. The van der Waals surface area contributed by atoms with Gasteiger partial charge < -0.3 is 15.2 Å². The molecule has 3 rings (SSSR count). The molecule has 0 spiro atoms. The first-order chi connectivity index (χ1) is 11.1. The van der Waals surface area contributed by atoms with Gasteiger partial charge in [0.2, 0.25) is 11.8 Å². The van der Waals surface area contributed by atoms with Gasteiger partial charge in [0.1, 0.15) is 0 Å². The van der Waals surface area contributed by atoms with E-state index in [2.05, 4.69) is 24.0 Å². The van der Waals surface area contributed by atoms with Crippen LogP contribution in [0.3, 0.4) is 0 Å². The maximum atomic E-state index is 13.0. The molecule has 1 aliphatic carbocycles. The number of likely N-dealkylation sites (tertiary alicyclic amines) is 1. The molecule has 1 atom stereocenters. The van der Waals surface area contributed by atoms with Gasteiger partial charge in [0.25, 0.3) is 0 Å². The lowest BCUT2D eigenvalue weighted by atomic mass is 9.80. The van der Waals surface area contributed by atoms with E-state index in [1.165, 1.54) is 0 Å². The molecular weight excluding hydrogens is 292 g/mol. The third-order valence-corrected chi connectivity index (χ3v) is 5.66. The van der Waals surface area contributed by atoms with Crippen molar-refractivity contribution < 1.29 is 9.32 Å². The van der Waals surface area contributed by atoms with E-state index in [1.54, 1.807) is 0 Å². The van der Waals surface area contributed by atoms with Gasteiger partial charge in [0, 0.05) is 31.5 Å². The van der Waals surface area contributed by atoms with Crippen molar-refractivity contribution in [2.75, 3.05) is 19.6 Å². The van der Waals surface area contributed by atoms with Gasteiger partial charge in [0.15, 0.2) is 5.82 Å². The van der Waals surface area contributed by atoms with Crippen LogP contribution in [0.4, 0.5) is 0 Å². The summed E-state index contributed by atoms with van der Waals surface area (Å²) in [7, 11) is 0. The third-order valence-electron chi connectivity index (χ3n) is 5.66. The second-order valence-electron chi connectivity index (χ2n) is 7.05. The summed E-state index contributed by atoms with van der Waals surface area (Å²) < 4.78 is 5.38. The molecule has 6 nitrogen and oxygen atoms in total. The Bertz CT molecular complexity index is 540. The molecule has 2 fully saturated rings. The number of carbonyl (C=O) groups excluding carboxylic acids is 1. The van der Waals surface area contributed by atoms with Crippen LogP contribution in [0.1, 0.15) is 75.9 Å². The molecule has 1 saturated carbocycles. The minimum Gasteiger partial charge on any atom is -0.341 e. The fourth-order valence-corrected chi connectivity index (χ4v) is 3.55. The summed E-state index contributed by atoms with van der Waals surface area (Å²) in [6, 6.07) is 0. The zero-order valence-electron chi connectivity index (χ0n) is 14.3. The average Bonchev–Trinajstić information content (AvgIpc) is 3.34. The molecular formula is C17H28N4O2. The molecule has 128 valence electrons. The second-order valence-corrected chi connectivity index (χ2v) is 7.05. The molecule has 6 heteroatoms. The van der Waals surface area contributed by atoms with Crippen LogP contribution < -0.4 is 5.73 Å². The van der Waals surface area contributed by atoms with Crippen LogP contribution in [-0.4, -0.2) is 40.6 Å². The SMILES string of the molecule is CCC(CC)(CN)C(=O)N1CCCC(c2noc(C3CC3)n2)C1. The molecule has 0 radical (unpaired) electrons. The minimum absolute atomic E-state index is 0.188. The fourth-order valence-electron chi connectivity index (χ4n) is 3.55. The van der Waals surface area contributed by atoms with E-state index in [0.717, 1.165) is 56.8 Å². The molecule has 1 amide bonds. The maximum Gasteiger partial charge on any atom is 0.230 e. The highest BCUT2D eigenvalue weighted by atomic mass is 16.5. The van der Waals surface area contributed by atoms with Gasteiger partial charge in [0.05, 0.1) is 5.41 Å². The standard InChI is InChI=1S/C17H28N4O2/c1-3-17(4-2,11-18)16(22)21-9-5-6-13(10-21)14-19-15(23-20-14)12-7-8-12/h12-13H,3-11,18H2,1-2H3. The van der Waals surface area contributed by atoms with Crippen molar-refractivity contribution in [1.82, 2.24) is 15.0 Å². The molecule has 1 unspecified atom stereocenters. The number of aromatic nitrogens is 2. The highest BCUT2D eigenvalue weighted by Crippen LogP contribution is 2.40. The number of hydrogen-bond acceptors (Lipinski definition) is 5. The van der Waals surface area contributed by atoms with Gasteiger partial charge in [-0.1, -0.05) is 19.0 Å². The first-order valence-corrected chi connectivity index (χ1v) is 8.96. The monoisotopic (exact) mass is 320 g/mol. The highest BCUT2D eigenvalue weighted by molar-refractivity contribution is 5.83. The summed E-state index contributed by atoms with van der Waals surface area (Å²) in [5, 5.41) is 4.17. The highest BCUT2D eigenvalue weighted by Gasteiger charge is 2.39. The van der Waals surface area contributed by atoms with Crippen molar-refractivity contribution in [1.29, 1.82) is 0 Å². The third kappa shape index (κ3) is 3.13. The fraction of sp³-hybridized carbons (Fsp3) is 0.824. The van der Waals surface area contributed by atoms with E-state index >= 15 is 0 Å². The zero-order chi connectivity index (χ0) is 16.4. The minimum atomic E-state index is -0.418. The quantitative estimate of drug-likeness (QED) is 0.870. The van der Waals surface area contributed by atoms with E-state index in [-0.39, 0.29) is 11.8 Å². The van der Waals surface area contributed by atoms with Gasteiger partial charge in [-0.25, -0.2) is 0 Å². The summed E-state index contributed by atoms with van der Waals surface area (Å²) in [6.07, 6.45) is 5.88. The van der Waals surface area contributed by atoms with E-state index in [9.17, 15) is 4.79 Å². The Kier molecular flexibility index (Phi) is 4.71. The lowest BCUT2D eigenvalue weighted by Crippen LogP contribution is -2.50. The Morgan fingerprint density at radius 1 is 1.30 bits per heavy atom. The Labute approximate surface area is 137 Å². The summed E-state index contributed by atoms with van der Waals surface area (Å²) >= 11 is 0. The Hall–Kier alpha value is -1.43. The molecule has 0 aromatic carbocycles. The van der Waals surface area contributed by atoms with E-state index in [0.29, 0.717) is 19.0 Å². The van der Waals surface area contributed by atoms with Crippen LogP contribution in [0.2, 0.25) is 0 Å². The number of nitrogens with zero attached hydrogens (tertiary/aromatic N) is 3. The van der Waals surface area contributed by atoms with Crippen molar-refractivity contribution in [3.05, 3.63) is 11.7 Å². The van der Waals surface area contributed by atoms with Gasteiger partial charge in [-0.05, 0) is 38.5 Å². The summed E-state index contributed by atoms with van der Waals surface area (Å²) in [6.45, 7) is 6.01. The van der Waals surface area contributed by atoms with Crippen LogP contribution in [-0.2, 0) is 4.79 Å². The number of nitrogens with two attached hydrogens (primary N) is 1. The smallest absolute Gasteiger partial charge is 0.230 e. The van der Waals surface area contributed by atoms with Crippen LogP contribution in [0, 0.1) is 5.41 Å². The number of amides is 1. The van der Waals surface area contributed by atoms with Gasteiger partial charge in [-0.15, -0.1) is 0 Å². The van der Waals surface area contributed by atoms with Gasteiger partial charge >= 0.3 is 0 Å². The molecule has 2 heterocycles. The molecule has 2 aliphatic rings. The first kappa shape index (κ1) is 16.4. The predicted octanol–water partition coefficient (Wildman–Crippen LogP) is 2.42. The Morgan fingerprint density at radius 3 is 2.65 bits per heavy atom. The largest absolute Gasteiger partial charge is 0.341 e. The Morgan fingerprint density at radius 2 is 2.04 bits per heavy atom. The van der Waals surface area contributed by atoms with Crippen molar-refractivity contribution in [3.8, 4) is 0 Å². The average molecular weight is 320 g/mol.